The van der Waals surface area contributed by atoms with Crippen molar-refractivity contribution in [3.63, 3.8) is 0 Å². The van der Waals surface area contributed by atoms with Gasteiger partial charge in [-0.1, -0.05) is 44.2 Å². The highest BCUT2D eigenvalue weighted by molar-refractivity contribution is 5.30. The minimum Gasteiger partial charge on any atom is -0.497 e. The molecular weight excluding hydrogens is 234 g/mol. The van der Waals surface area contributed by atoms with Crippen molar-refractivity contribution in [3.8, 4) is 5.75 Å². The number of methoxy groups -OCH3 is 1. The lowest BCUT2D eigenvalue weighted by Crippen LogP contribution is -2.18. The summed E-state index contributed by atoms with van der Waals surface area (Å²) < 4.78 is 5.32. The molecule has 2 rings (SSSR count). The minimum atomic E-state index is 0.456. The van der Waals surface area contributed by atoms with E-state index in [0.717, 1.165) is 11.7 Å². The van der Waals surface area contributed by atoms with Gasteiger partial charge in [0.2, 0.25) is 0 Å². The lowest BCUT2D eigenvalue weighted by atomic mass is 9.84. The van der Waals surface area contributed by atoms with E-state index in [2.05, 4.69) is 30.6 Å². The summed E-state index contributed by atoms with van der Waals surface area (Å²) in [6.45, 7) is 0. The Morgan fingerprint density at radius 1 is 1.26 bits per heavy atom. The van der Waals surface area contributed by atoms with Crippen LogP contribution in [-0.2, 0) is 0 Å². The van der Waals surface area contributed by atoms with Gasteiger partial charge in [-0.15, -0.1) is 0 Å². The van der Waals surface area contributed by atoms with Gasteiger partial charge < -0.3 is 10.1 Å². The molecule has 0 spiro atoms. The lowest BCUT2D eigenvalue weighted by Gasteiger charge is -2.24. The summed E-state index contributed by atoms with van der Waals surface area (Å²) in [6.07, 6.45) is 9.78. The highest BCUT2D eigenvalue weighted by atomic mass is 16.5. The summed E-state index contributed by atoms with van der Waals surface area (Å²) >= 11 is 0. The predicted molar refractivity (Wildman–Crippen MR) is 80.6 cm³/mol. The van der Waals surface area contributed by atoms with Crippen LogP contribution in [0.5, 0.6) is 5.75 Å². The Morgan fingerprint density at radius 2 is 2.05 bits per heavy atom. The molecule has 0 radical (unpaired) electrons. The predicted octanol–water partition coefficient (Wildman–Crippen LogP) is 4.32. The maximum atomic E-state index is 5.32. The van der Waals surface area contributed by atoms with Crippen LogP contribution >= 0.6 is 0 Å². The third kappa shape index (κ3) is 4.24. The van der Waals surface area contributed by atoms with E-state index in [1.165, 1.54) is 50.5 Å². The number of benzene rings is 1. The molecular formula is C17H27NO. The maximum Gasteiger partial charge on any atom is 0.119 e. The standard InChI is InChI=1S/C17H27NO/c1-18-17(12-11-14-7-4-3-5-8-14)15-9-6-10-16(13-15)19-2/h6,9-10,13-14,17-18H,3-5,7-8,11-12H2,1-2H3. The Bertz CT molecular complexity index is 371. The smallest absolute Gasteiger partial charge is 0.119 e. The molecule has 0 amide bonds. The van der Waals surface area contributed by atoms with Crippen LogP contribution in [0.15, 0.2) is 24.3 Å². The minimum absolute atomic E-state index is 0.456. The fraction of sp³-hybridized carbons (Fsp3) is 0.647. The molecule has 1 aliphatic carbocycles. The molecule has 0 saturated heterocycles. The molecule has 1 atom stereocenters. The zero-order valence-corrected chi connectivity index (χ0v) is 12.3. The van der Waals surface area contributed by atoms with Crippen LogP contribution in [-0.4, -0.2) is 14.2 Å². The SMILES string of the molecule is CNC(CCC1CCCCC1)c1cccc(OC)c1. The van der Waals surface area contributed by atoms with Crippen LogP contribution in [0.2, 0.25) is 0 Å². The average Bonchev–Trinajstić information content (AvgIpc) is 2.49. The van der Waals surface area contributed by atoms with Crippen molar-refractivity contribution in [2.45, 2.75) is 51.0 Å². The molecule has 1 aromatic rings. The molecule has 1 aromatic carbocycles. The van der Waals surface area contributed by atoms with Gasteiger partial charge >= 0.3 is 0 Å². The van der Waals surface area contributed by atoms with E-state index in [4.69, 9.17) is 4.74 Å². The molecule has 0 aliphatic heterocycles. The first-order valence-corrected chi connectivity index (χ1v) is 7.64. The normalized spacial score (nSPS) is 18.2. The number of ether oxygens (including phenoxy) is 1. The first-order chi connectivity index (χ1) is 9.33. The van der Waals surface area contributed by atoms with Crippen LogP contribution in [0.1, 0.15) is 56.6 Å². The molecule has 2 nitrogen and oxygen atoms in total. The van der Waals surface area contributed by atoms with Gasteiger partial charge in [-0.3, -0.25) is 0 Å². The van der Waals surface area contributed by atoms with Crippen LogP contribution < -0.4 is 10.1 Å². The molecule has 1 N–H and O–H groups in total. The Kier molecular flexibility index (Phi) is 5.71. The molecule has 19 heavy (non-hydrogen) atoms. The summed E-state index contributed by atoms with van der Waals surface area (Å²) in [5.41, 5.74) is 1.35. The van der Waals surface area contributed by atoms with Gasteiger partial charge in [0, 0.05) is 6.04 Å². The van der Waals surface area contributed by atoms with Gasteiger partial charge in [0.1, 0.15) is 5.75 Å². The van der Waals surface area contributed by atoms with E-state index in [-0.39, 0.29) is 0 Å². The quantitative estimate of drug-likeness (QED) is 0.823. The van der Waals surface area contributed by atoms with E-state index < -0.39 is 0 Å². The molecule has 1 saturated carbocycles. The number of hydrogen-bond donors (Lipinski definition) is 1. The van der Waals surface area contributed by atoms with Crippen LogP contribution in [0, 0.1) is 5.92 Å². The van der Waals surface area contributed by atoms with E-state index >= 15 is 0 Å². The second-order valence-electron chi connectivity index (χ2n) is 5.70. The average molecular weight is 261 g/mol. The summed E-state index contributed by atoms with van der Waals surface area (Å²) in [5, 5.41) is 3.45. The fourth-order valence-corrected chi connectivity index (χ4v) is 3.21. The second kappa shape index (κ2) is 7.54. The molecule has 106 valence electrons. The van der Waals surface area contributed by atoms with E-state index in [9.17, 15) is 0 Å². The molecule has 1 unspecified atom stereocenters. The molecule has 0 heterocycles. The van der Waals surface area contributed by atoms with E-state index in [1.54, 1.807) is 7.11 Å². The topological polar surface area (TPSA) is 21.3 Å². The van der Waals surface area contributed by atoms with Crippen LogP contribution in [0.3, 0.4) is 0 Å². The summed E-state index contributed by atoms with van der Waals surface area (Å²) in [7, 11) is 3.79. The van der Waals surface area contributed by atoms with Gasteiger partial charge in [0.05, 0.1) is 7.11 Å². The van der Waals surface area contributed by atoms with Crippen molar-refractivity contribution >= 4 is 0 Å². The Balaban J connectivity index is 1.91. The molecule has 2 heteroatoms. The second-order valence-corrected chi connectivity index (χ2v) is 5.70. The number of nitrogens with one attached hydrogen (secondary N) is 1. The maximum absolute atomic E-state index is 5.32. The molecule has 1 aliphatic rings. The van der Waals surface area contributed by atoms with Gasteiger partial charge in [-0.2, -0.15) is 0 Å². The van der Waals surface area contributed by atoms with Crippen molar-refractivity contribution in [1.29, 1.82) is 0 Å². The zero-order valence-electron chi connectivity index (χ0n) is 12.3. The van der Waals surface area contributed by atoms with Crippen LogP contribution in [0.25, 0.3) is 0 Å². The first-order valence-electron chi connectivity index (χ1n) is 7.64. The third-order valence-corrected chi connectivity index (χ3v) is 4.43. The monoisotopic (exact) mass is 261 g/mol. The number of hydrogen-bond acceptors (Lipinski definition) is 2. The van der Waals surface area contributed by atoms with Gasteiger partial charge in [-0.05, 0) is 43.5 Å². The van der Waals surface area contributed by atoms with Crippen molar-refractivity contribution in [2.24, 2.45) is 5.92 Å². The Morgan fingerprint density at radius 3 is 2.74 bits per heavy atom. The van der Waals surface area contributed by atoms with E-state index in [0.29, 0.717) is 6.04 Å². The van der Waals surface area contributed by atoms with Crippen molar-refractivity contribution in [1.82, 2.24) is 5.32 Å². The first kappa shape index (κ1) is 14.4. The van der Waals surface area contributed by atoms with Gasteiger partial charge in [0.25, 0.3) is 0 Å². The van der Waals surface area contributed by atoms with Crippen molar-refractivity contribution in [3.05, 3.63) is 29.8 Å². The van der Waals surface area contributed by atoms with Gasteiger partial charge in [0.15, 0.2) is 0 Å². The summed E-state index contributed by atoms with van der Waals surface area (Å²) in [5.74, 6) is 1.91. The Hall–Kier alpha value is -1.02. The Labute approximate surface area is 117 Å². The molecule has 0 aromatic heterocycles. The van der Waals surface area contributed by atoms with Crippen molar-refractivity contribution < 1.29 is 4.74 Å². The summed E-state index contributed by atoms with van der Waals surface area (Å²) in [6, 6.07) is 8.90. The third-order valence-electron chi connectivity index (χ3n) is 4.43. The van der Waals surface area contributed by atoms with Gasteiger partial charge in [-0.25, -0.2) is 0 Å². The highest BCUT2D eigenvalue weighted by Crippen LogP contribution is 2.30. The van der Waals surface area contributed by atoms with E-state index in [1.807, 2.05) is 6.07 Å². The number of rotatable bonds is 6. The molecule has 0 bridgehead atoms. The lowest BCUT2D eigenvalue weighted by molar-refractivity contribution is 0.317. The highest BCUT2D eigenvalue weighted by Gasteiger charge is 2.16. The fourth-order valence-electron chi connectivity index (χ4n) is 3.21. The zero-order chi connectivity index (χ0) is 13.5. The molecule has 1 fully saturated rings. The summed E-state index contributed by atoms with van der Waals surface area (Å²) in [4.78, 5) is 0. The van der Waals surface area contributed by atoms with Crippen molar-refractivity contribution in [2.75, 3.05) is 14.2 Å². The van der Waals surface area contributed by atoms with Crippen LogP contribution in [0.4, 0.5) is 0 Å². The largest absolute Gasteiger partial charge is 0.497 e.